The Hall–Kier alpha value is -1.39. The number of rotatable bonds is 4. The van der Waals surface area contributed by atoms with Crippen LogP contribution in [-0.2, 0) is 11.3 Å². The van der Waals surface area contributed by atoms with Crippen molar-refractivity contribution in [1.29, 1.82) is 0 Å². The van der Waals surface area contributed by atoms with Crippen molar-refractivity contribution in [3.63, 3.8) is 0 Å². The lowest BCUT2D eigenvalue weighted by Crippen LogP contribution is -2.47. The van der Waals surface area contributed by atoms with Gasteiger partial charge in [0.05, 0.1) is 6.61 Å². The maximum absolute atomic E-state index is 12.9. The van der Waals surface area contributed by atoms with Crippen molar-refractivity contribution in [2.24, 2.45) is 0 Å². The van der Waals surface area contributed by atoms with Gasteiger partial charge in [-0.15, -0.1) is 0 Å². The average Bonchev–Trinajstić information content (AvgIpc) is 3.16. The molecule has 3 rings (SSSR count). The van der Waals surface area contributed by atoms with Gasteiger partial charge in [0.25, 0.3) is 5.91 Å². The molecule has 2 saturated heterocycles. The van der Waals surface area contributed by atoms with Crippen molar-refractivity contribution in [2.75, 3.05) is 27.2 Å². The molecule has 2 heterocycles. The van der Waals surface area contributed by atoms with Crippen LogP contribution < -0.4 is 0 Å². The van der Waals surface area contributed by atoms with Crippen LogP contribution in [0.3, 0.4) is 0 Å². The summed E-state index contributed by atoms with van der Waals surface area (Å²) in [6, 6.07) is 8.78. The van der Waals surface area contributed by atoms with Crippen molar-refractivity contribution in [1.82, 2.24) is 9.80 Å². The van der Waals surface area contributed by atoms with Gasteiger partial charge in [0.2, 0.25) is 0 Å². The molecule has 0 bridgehead atoms. The van der Waals surface area contributed by atoms with Gasteiger partial charge >= 0.3 is 0 Å². The van der Waals surface area contributed by atoms with Crippen LogP contribution >= 0.6 is 0 Å². The number of likely N-dealkylation sites (tertiary alicyclic amines) is 2. The Morgan fingerprint density at radius 3 is 2.45 bits per heavy atom. The minimum Gasteiger partial charge on any atom is -0.380 e. The van der Waals surface area contributed by atoms with E-state index in [1.165, 1.54) is 12.8 Å². The molecule has 2 aliphatic rings. The first-order chi connectivity index (χ1) is 10.7. The SMILES string of the molecule is COCc1ccc(C(=O)N2CCC[C@H]2[C@@H]2CCCN2C)cc1. The van der Waals surface area contributed by atoms with E-state index in [-0.39, 0.29) is 5.91 Å². The Morgan fingerprint density at radius 2 is 1.82 bits per heavy atom. The average molecular weight is 302 g/mol. The summed E-state index contributed by atoms with van der Waals surface area (Å²) in [6.45, 7) is 2.65. The first-order valence-electron chi connectivity index (χ1n) is 8.30. The van der Waals surface area contributed by atoms with Crippen LogP contribution in [0.5, 0.6) is 0 Å². The predicted octanol–water partition coefficient (Wildman–Crippen LogP) is 2.53. The van der Waals surface area contributed by atoms with Gasteiger partial charge in [-0.1, -0.05) is 12.1 Å². The van der Waals surface area contributed by atoms with E-state index in [4.69, 9.17) is 4.74 Å². The van der Waals surface area contributed by atoms with E-state index in [9.17, 15) is 4.79 Å². The fourth-order valence-electron chi connectivity index (χ4n) is 3.94. The second kappa shape index (κ2) is 6.80. The fraction of sp³-hybridized carbons (Fsp3) is 0.611. The zero-order valence-corrected chi connectivity index (χ0v) is 13.6. The molecule has 4 nitrogen and oxygen atoms in total. The summed E-state index contributed by atoms with van der Waals surface area (Å²) in [5.41, 5.74) is 1.90. The van der Waals surface area contributed by atoms with Gasteiger partial charge < -0.3 is 14.5 Å². The maximum Gasteiger partial charge on any atom is 0.254 e. The van der Waals surface area contributed by atoms with Crippen LogP contribution in [0.15, 0.2) is 24.3 Å². The molecule has 0 saturated carbocycles. The number of benzene rings is 1. The molecule has 1 amide bonds. The van der Waals surface area contributed by atoms with Gasteiger partial charge in [0.1, 0.15) is 0 Å². The molecular formula is C18H26N2O2. The van der Waals surface area contributed by atoms with Crippen LogP contribution in [0.4, 0.5) is 0 Å². The molecule has 2 atom stereocenters. The van der Waals surface area contributed by atoms with E-state index in [1.54, 1.807) is 7.11 Å². The number of nitrogens with zero attached hydrogens (tertiary/aromatic N) is 2. The van der Waals surface area contributed by atoms with E-state index in [2.05, 4.69) is 16.8 Å². The Balaban J connectivity index is 1.72. The van der Waals surface area contributed by atoms with E-state index in [0.29, 0.717) is 18.7 Å². The van der Waals surface area contributed by atoms with Gasteiger partial charge in [-0.25, -0.2) is 0 Å². The topological polar surface area (TPSA) is 32.8 Å². The molecule has 0 spiro atoms. The summed E-state index contributed by atoms with van der Waals surface area (Å²) in [4.78, 5) is 17.4. The molecule has 0 aromatic heterocycles. The van der Waals surface area contributed by atoms with Crippen molar-refractivity contribution in [3.05, 3.63) is 35.4 Å². The first-order valence-corrected chi connectivity index (χ1v) is 8.30. The van der Waals surface area contributed by atoms with E-state index in [1.807, 2.05) is 24.3 Å². The standard InChI is InChI=1S/C18H26N2O2/c1-19-11-3-5-16(19)17-6-4-12-20(17)18(21)15-9-7-14(8-10-15)13-22-2/h7-10,16-17H,3-6,11-13H2,1-2H3/t16-,17-/m0/s1. The van der Waals surface area contributed by atoms with Gasteiger partial charge in [-0.05, 0) is 57.0 Å². The Bertz CT molecular complexity index is 514. The lowest BCUT2D eigenvalue weighted by atomic mass is 10.0. The summed E-state index contributed by atoms with van der Waals surface area (Å²) < 4.78 is 5.12. The third kappa shape index (κ3) is 3.03. The van der Waals surface area contributed by atoms with E-state index in [0.717, 1.165) is 37.1 Å². The molecule has 0 N–H and O–H groups in total. The second-order valence-corrected chi connectivity index (χ2v) is 6.53. The quantitative estimate of drug-likeness (QED) is 0.857. The summed E-state index contributed by atoms with van der Waals surface area (Å²) in [6.07, 6.45) is 4.74. The van der Waals surface area contributed by atoms with Crippen LogP contribution in [0, 0.1) is 0 Å². The third-order valence-electron chi connectivity index (χ3n) is 5.09. The highest BCUT2D eigenvalue weighted by Crippen LogP contribution is 2.30. The second-order valence-electron chi connectivity index (χ2n) is 6.53. The van der Waals surface area contributed by atoms with Gasteiger partial charge in [0.15, 0.2) is 0 Å². The molecule has 120 valence electrons. The molecule has 1 aromatic rings. The number of hydrogen-bond donors (Lipinski definition) is 0. The van der Waals surface area contributed by atoms with Crippen molar-refractivity contribution < 1.29 is 9.53 Å². The zero-order valence-electron chi connectivity index (χ0n) is 13.6. The Kier molecular flexibility index (Phi) is 4.79. The van der Waals surface area contributed by atoms with E-state index >= 15 is 0 Å². The highest BCUT2D eigenvalue weighted by atomic mass is 16.5. The minimum absolute atomic E-state index is 0.187. The van der Waals surface area contributed by atoms with Crippen LogP contribution in [0.1, 0.15) is 41.6 Å². The van der Waals surface area contributed by atoms with Crippen LogP contribution in [-0.4, -0.2) is 55.0 Å². The summed E-state index contributed by atoms with van der Waals surface area (Å²) in [7, 11) is 3.88. The summed E-state index contributed by atoms with van der Waals surface area (Å²) in [5, 5.41) is 0. The van der Waals surface area contributed by atoms with Crippen molar-refractivity contribution in [3.8, 4) is 0 Å². The molecule has 1 aromatic carbocycles. The van der Waals surface area contributed by atoms with Gasteiger partial charge in [0, 0.05) is 31.3 Å². The Morgan fingerprint density at radius 1 is 1.14 bits per heavy atom. The molecule has 2 fully saturated rings. The van der Waals surface area contributed by atoms with Crippen molar-refractivity contribution >= 4 is 5.91 Å². The molecular weight excluding hydrogens is 276 g/mol. The molecule has 22 heavy (non-hydrogen) atoms. The predicted molar refractivity (Wildman–Crippen MR) is 86.9 cm³/mol. The molecule has 0 aliphatic carbocycles. The number of amides is 1. The minimum atomic E-state index is 0.187. The maximum atomic E-state index is 12.9. The number of carbonyl (C=O) groups excluding carboxylic acids is 1. The summed E-state index contributed by atoms with van der Waals surface area (Å²) in [5.74, 6) is 0.187. The third-order valence-corrected chi connectivity index (χ3v) is 5.09. The van der Waals surface area contributed by atoms with Crippen LogP contribution in [0.25, 0.3) is 0 Å². The van der Waals surface area contributed by atoms with Gasteiger partial charge in [-0.2, -0.15) is 0 Å². The number of ether oxygens (including phenoxy) is 1. The number of carbonyl (C=O) groups is 1. The summed E-state index contributed by atoms with van der Waals surface area (Å²) >= 11 is 0. The highest BCUT2D eigenvalue weighted by Gasteiger charge is 2.38. The zero-order chi connectivity index (χ0) is 15.5. The number of likely N-dealkylation sites (N-methyl/N-ethyl adjacent to an activating group) is 1. The smallest absolute Gasteiger partial charge is 0.254 e. The highest BCUT2D eigenvalue weighted by molar-refractivity contribution is 5.94. The fourth-order valence-corrected chi connectivity index (χ4v) is 3.94. The van der Waals surface area contributed by atoms with Crippen LogP contribution in [0.2, 0.25) is 0 Å². The molecule has 4 heteroatoms. The lowest BCUT2D eigenvalue weighted by molar-refractivity contribution is 0.0664. The number of hydrogen-bond acceptors (Lipinski definition) is 3. The first kappa shape index (κ1) is 15.5. The van der Waals surface area contributed by atoms with E-state index < -0.39 is 0 Å². The Labute approximate surface area is 133 Å². The normalized spacial score (nSPS) is 25.8. The van der Waals surface area contributed by atoms with Crippen molar-refractivity contribution in [2.45, 2.75) is 44.4 Å². The van der Waals surface area contributed by atoms with Gasteiger partial charge in [-0.3, -0.25) is 4.79 Å². The number of methoxy groups -OCH3 is 1. The molecule has 2 aliphatic heterocycles. The molecule has 0 radical (unpaired) electrons. The largest absolute Gasteiger partial charge is 0.380 e. The molecule has 0 unspecified atom stereocenters. The monoisotopic (exact) mass is 302 g/mol. The lowest BCUT2D eigenvalue weighted by Gasteiger charge is -2.33.